The number of anilines is 1. The molecule has 0 saturated heterocycles. The number of rotatable bonds is 3. The zero-order valence-electron chi connectivity index (χ0n) is 9.36. The number of halogens is 3. The summed E-state index contributed by atoms with van der Waals surface area (Å²) < 4.78 is 60.0. The lowest BCUT2D eigenvalue weighted by molar-refractivity contribution is -0.141. The zero-order chi connectivity index (χ0) is 14.1. The van der Waals surface area contributed by atoms with E-state index in [4.69, 9.17) is 5.73 Å². The molecule has 0 spiro atoms. The first-order valence-corrected chi connectivity index (χ1v) is 6.51. The van der Waals surface area contributed by atoms with E-state index in [1.165, 1.54) is 6.92 Å². The van der Waals surface area contributed by atoms with Crippen molar-refractivity contribution in [1.29, 1.82) is 0 Å². The van der Waals surface area contributed by atoms with Crippen LogP contribution >= 0.6 is 0 Å². The molecule has 0 bridgehead atoms. The molecule has 0 radical (unpaired) electrons. The number of nitrogens with zero attached hydrogens (tertiary/aromatic N) is 1. The molecule has 0 atom stereocenters. The average molecular weight is 284 g/mol. The lowest BCUT2D eigenvalue weighted by Gasteiger charge is -2.11. The Morgan fingerprint density at radius 2 is 1.94 bits per heavy atom. The van der Waals surface area contributed by atoms with E-state index in [9.17, 15) is 26.4 Å². The van der Waals surface area contributed by atoms with Crippen LogP contribution in [0.3, 0.4) is 0 Å². The molecule has 1 aromatic rings. The van der Waals surface area contributed by atoms with Crippen LogP contribution in [0.15, 0.2) is 22.0 Å². The van der Waals surface area contributed by atoms with Crippen LogP contribution < -0.4 is 11.3 Å². The number of hydrogen-bond acceptors (Lipinski definition) is 4. The number of nitrogens with two attached hydrogens (primary N) is 1. The first-order chi connectivity index (χ1) is 8.07. The second kappa shape index (κ2) is 4.63. The van der Waals surface area contributed by atoms with Crippen LogP contribution in [0.5, 0.6) is 0 Å². The molecule has 0 unspecified atom stereocenters. The Kier molecular flexibility index (Phi) is 3.75. The van der Waals surface area contributed by atoms with Crippen LogP contribution in [0.2, 0.25) is 0 Å². The van der Waals surface area contributed by atoms with Crippen molar-refractivity contribution in [1.82, 2.24) is 4.57 Å². The van der Waals surface area contributed by atoms with Gasteiger partial charge in [-0.25, -0.2) is 8.42 Å². The van der Waals surface area contributed by atoms with Gasteiger partial charge >= 0.3 is 6.18 Å². The Hall–Kier alpha value is -1.51. The predicted molar refractivity (Wildman–Crippen MR) is 58.9 cm³/mol. The Bertz CT molecular complexity index is 604. The summed E-state index contributed by atoms with van der Waals surface area (Å²) in [7, 11) is -3.91. The normalized spacial score (nSPS) is 12.7. The molecule has 1 rings (SSSR count). The van der Waals surface area contributed by atoms with Crippen LogP contribution in [0.4, 0.5) is 18.9 Å². The van der Waals surface area contributed by atoms with Crippen LogP contribution in [0, 0.1) is 0 Å². The van der Waals surface area contributed by atoms with Crippen LogP contribution in [0.1, 0.15) is 6.92 Å². The van der Waals surface area contributed by atoms with Crippen LogP contribution in [-0.2, 0) is 16.4 Å². The van der Waals surface area contributed by atoms with Crippen molar-refractivity contribution in [3.05, 3.63) is 22.6 Å². The molecule has 0 amide bonds. The molecule has 0 aliphatic rings. The van der Waals surface area contributed by atoms with Gasteiger partial charge in [0.2, 0.25) is 0 Å². The van der Waals surface area contributed by atoms with Crippen LogP contribution in [0.25, 0.3) is 0 Å². The Labute approximate surface area is 101 Å². The third-order valence-electron chi connectivity index (χ3n) is 2.14. The fourth-order valence-electron chi connectivity index (χ4n) is 1.32. The molecule has 5 nitrogen and oxygen atoms in total. The number of sulfone groups is 1. The summed E-state index contributed by atoms with van der Waals surface area (Å²) in [5.41, 5.74) is 3.87. The monoisotopic (exact) mass is 284 g/mol. The van der Waals surface area contributed by atoms with Gasteiger partial charge < -0.3 is 10.3 Å². The lowest BCUT2D eigenvalue weighted by Crippen LogP contribution is -2.31. The first-order valence-electron chi connectivity index (χ1n) is 4.86. The summed E-state index contributed by atoms with van der Waals surface area (Å²) in [6.07, 6.45) is -3.87. The molecule has 1 aromatic heterocycles. The number of aromatic nitrogens is 1. The molecule has 0 aliphatic heterocycles. The van der Waals surface area contributed by atoms with Gasteiger partial charge in [0.1, 0.15) is 11.4 Å². The number of nitrogen functional groups attached to an aromatic ring is 1. The molecule has 2 N–H and O–H groups in total. The maximum Gasteiger partial charge on any atom is 0.406 e. The third-order valence-corrected chi connectivity index (χ3v) is 3.86. The number of hydrogen-bond donors (Lipinski definition) is 1. The minimum absolute atomic E-state index is 0.217. The first kappa shape index (κ1) is 14.6. The molecule has 0 aliphatic carbocycles. The van der Waals surface area contributed by atoms with Gasteiger partial charge in [-0.2, -0.15) is 13.2 Å². The molecule has 102 valence electrons. The average Bonchev–Trinajstić information content (AvgIpc) is 2.20. The second-order valence-corrected chi connectivity index (χ2v) is 5.84. The largest absolute Gasteiger partial charge is 0.406 e. The molecule has 0 fully saturated rings. The van der Waals surface area contributed by atoms with E-state index >= 15 is 0 Å². The smallest absolute Gasteiger partial charge is 0.398 e. The molecular formula is C9H11F3N2O3S. The zero-order valence-corrected chi connectivity index (χ0v) is 10.2. The SMILES string of the molecule is CCS(=O)(=O)c1cc(N)cn(CC(F)(F)F)c1=O. The van der Waals surface area contributed by atoms with Crippen molar-refractivity contribution in [3.8, 4) is 0 Å². The van der Waals surface area contributed by atoms with Gasteiger partial charge in [-0.15, -0.1) is 0 Å². The lowest BCUT2D eigenvalue weighted by atomic mass is 10.4. The minimum atomic E-state index is -4.63. The van der Waals surface area contributed by atoms with Crippen molar-refractivity contribution in [2.45, 2.75) is 24.5 Å². The van der Waals surface area contributed by atoms with E-state index in [0.717, 1.165) is 12.3 Å². The van der Waals surface area contributed by atoms with Gasteiger partial charge in [-0.1, -0.05) is 6.92 Å². The van der Waals surface area contributed by atoms with Gasteiger partial charge in [0.05, 0.1) is 5.75 Å². The van der Waals surface area contributed by atoms with E-state index in [0.29, 0.717) is 0 Å². The standard InChI is InChI=1S/C9H11F3N2O3S/c1-2-18(16,17)7-3-6(13)4-14(8(7)15)5-9(10,11)12/h3-4H,2,5,13H2,1H3. The van der Waals surface area contributed by atoms with E-state index in [2.05, 4.69) is 0 Å². The van der Waals surface area contributed by atoms with Gasteiger partial charge in [-0.05, 0) is 6.07 Å². The van der Waals surface area contributed by atoms with Gasteiger partial charge in [0.15, 0.2) is 9.84 Å². The minimum Gasteiger partial charge on any atom is -0.398 e. The molecular weight excluding hydrogens is 273 g/mol. The molecule has 9 heteroatoms. The summed E-state index contributed by atoms with van der Waals surface area (Å²) in [6.45, 7) is -0.296. The molecule has 18 heavy (non-hydrogen) atoms. The van der Waals surface area contributed by atoms with Crippen molar-refractivity contribution in [2.75, 3.05) is 11.5 Å². The van der Waals surface area contributed by atoms with Gasteiger partial charge in [0.25, 0.3) is 5.56 Å². The number of pyridine rings is 1. The summed E-state index contributed by atoms with van der Waals surface area (Å²) in [6, 6.07) is 0.869. The Balaban J connectivity index is 3.46. The van der Waals surface area contributed by atoms with E-state index in [-0.39, 0.29) is 10.3 Å². The van der Waals surface area contributed by atoms with Crippen molar-refractivity contribution in [2.24, 2.45) is 0 Å². The van der Waals surface area contributed by atoms with Crippen molar-refractivity contribution in [3.63, 3.8) is 0 Å². The second-order valence-electron chi connectivity index (χ2n) is 3.59. The third kappa shape index (κ3) is 3.25. The Morgan fingerprint density at radius 3 is 2.39 bits per heavy atom. The quantitative estimate of drug-likeness (QED) is 0.889. The Morgan fingerprint density at radius 1 is 1.39 bits per heavy atom. The highest BCUT2D eigenvalue weighted by Crippen LogP contribution is 2.18. The van der Waals surface area contributed by atoms with Crippen molar-refractivity contribution < 1.29 is 21.6 Å². The highest BCUT2D eigenvalue weighted by molar-refractivity contribution is 7.91. The number of alkyl halides is 3. The van der Waals surface area contributed by atoms with E-state index in [1.807, 2.05) is 0 Å². The summed E-state index contributed by atoms with van der Waals surface area (Å²) in [5.74, 6) is -0.391. The predicted octanol–water partition coefficient (Wildman–Crippen LogP) is 0.786. The van der Waals surface area contributed by atoms with E-state index in [1.54, 1.807) is 0 Å². The van der Waals surface area contributed by atoms with Crippen molar-refractivity contribution >= 4 is 15.5 Å². The fourth-order valence-corrected chi connectivity index (χ4v) is 2.33. The summed E-state index contributed by atoms with van der Waals surface area (Å²) in [4.78, 5) is 10.9. The topological polar surface area (TPSA) is 82.2 Å². The molecule has 0 aromatic carbocycles. The van der Waals surface area contributed by atoms with E-state index < -0.39 is 38.8 Å². The maximum absolute atomic E-state index is 12.2. The molecule has 1 heterocycles. The highest BCUT2D eigenvalue weighted by Gasteiger charge is 2.30. The summed E-state index contributed by atoms with van der Waals surface area (Å²) >= 11 is 0. The van der Waals surface area contributed by atoms with Crippen LogP contribution in [-0.4, -0.2) is 24.9 Å². The fraction of sp³-hybridized carbons (Fsp3) is 0.444. The summed E-state index contributed by atoms with van der Waals surface area (Å²) in [5, 5.41) is 0. The maximum atomic E-state index is 12.2. The van der Waals surface area contributed by atoms with Gasteiger partial charge in [0, 0.05) is 11.9 Å². The highest BCUT2D eigenvalue weighted by atomic mass is 32.2. The molecule has 0 saturated carbocycles. The van der Waals surface area contributed by atoms with Gasteiger partial charge in [-0.3, -0.25) is 4.79 Å².